The fourth-order valence-electron chi connectivity index (χ4n) is 3.13. The van der Waals surface area contributed by atoms with Gasteiger partial charge in [0.25, 0.3) is 0 Å². The van der Waals surface area contributed by atoms with E-state index in [1.165, 1.54) is 12.1 Å². The van der Waals surface area contributed by atoms with Crippen molar-refractivity contribution >= 4 is 28.3 Å². The number of pyridine rings is 1. The van der Waals surface area contributed by atoms with E-state index in [1.54, 1.807) is 6.07 Å². The molecule has 0 amide bonds. The summed E-state index contributed by atoms with van der Waals surface area (Å²) in [6.07, 6.45) is -2.21. The largest absolute Gasteiger partial charge is 0.437 e. The maximum Gasteiger partial charge on any atom is 0.416 e. The van der Waals surface area contributed by atoms with Crippen LogP contribution in [0.2, 0.25) is 5.02 Å². The average Bonchev–Trinajstić information content (AvgIpc) is 2.79. The van der Waals surface area contributed by atoms with Crippen LogP contribution in [-0.4, -0.2) is 21.5 Å². The summed E-state index contributed by atoms with van der Waals surface area (Å²) in [7, 11) is 0. The summed E-state index contributed by atoms with van der Waals surface area (Å²) < 4.78 is 85.6. The summed E-state index contributed by atoms with van der Waals surface area (Å²) in [6, 6.07) is 6.60. The highest BCUT2D eigenvalue weighted by atomic mass is 35.5. The smallest absolute Gasteiger partial charge is 0.416 e. The molecule has 4 aromatic rings. The number of ether oxygens (including phenoxy) is 1. The van der Waals surface area contributed by atoms with E-state index in [1.807, 2.05) is 0 Å². The lowest BCUT2D eigenvalue weighted by Crippen LogP contribution is -2.09. The van der Waals surface area contributed by atoms with E-state index in [0.29, 0.717) is 18.1 Å². The quantitative estimate of drug-likeness (QED) is 0.241. The molecule has 5 nitrogen and oxygen atoms in total. The van der Waals surface area contributed by atoms with Crippen LogP contribution < -0.4 is 10.1 Å². The number of fused-ring (bicyclic) bond motifs is 1. The zero-order valence-corrected chi connectivity index (χ0v) is 17.7. The summed E-state index contributed by atoms with van der Waals surface area (Å²) in [4.78, 5) is 11.3. The lowest BCUT2D eigenvalue weighted by molar-refractivity contribution is -0.137. The molecule has 0 saturated heterocycles. The summed E-state index contributed by atoms with van der Waals surface area (Å²) >= 11 is 6.19. The molecule has 0 atom stereocenters. The molecule has 0 aliphatic carbocycles. The number of hydrogen-bond acceptors (Lipinski definition) is 5. The Labute approximate surface area is 193 Å². The average molecular weight is 499 g/mol. The van der Waals surface area contributed by atoms with E-state index in [-0.39, 0.29) is 34.5 Å². The SMILES string of the molecule is Fc1cc(F)c2ncnc(NCCc3ccc(Oc4cc(C(F)(F)F)ccn4)c(Cl)c3)c2c1F. The van der Waals surface area contributed by atoms with Crippen LogP contribution in [0.25, 0.3) is 10.9 Å². The molecule has 0 unspecified atom stereocenters. The minimum absolute atomic E-state index is 0.0810. The van der Waals surface area contributed by atoms with Crippen molar-refractivity contribution in [2.45, 2.75) is 12.6 Å². The molecule has 0 spiro atoms. The van der Waals surface area contributed by atoms with E-state index >= 15 is 0 Å². The first-order chi connectivity index (χ1) is 16.1. The highest BCUT2D eigenvalue weighted by molar-refractivity contribution is 6.32. The molecule has 0 radical (unpaired) electrons. The third-order valence-electron chi connectivity index (χ3n) is 4.74. The molecule has 1 N–H and O–H groups in total. The summed E-state index contributed by atoms with van der Waals surface area (Å²) in [6.45, 7) is 0.190. The molecule has 2 aromatic heterocycles. The van der Waals surface area contributed by atoms with Crippen LogP contribution in [0.1, 0.15) is 11.1 Å². The van der Waals surface area contributed by atoms with Gasteiger partial charge in [-0.1, -0.05) is 17.7 Å². The Morgan fingerprint density at radius 2 is 1.74 bits per heavy atom. The third-order valence-corrected chi connectivity index (χ3v) is 5.03. The van der Waals surface area contributed by atoms with E-state index in [0.717, 1.165) is 24.7 Å². The van der Waals surface area contributed by atoms with Gasteiger partial charge in [0, 0.05) is 24.9 Å². The molecular weight excluding hydrogens is 486 g/mol. The second kappa shape index (κ2) is 9.34. The molecule has 176 valence electrons. The normalized spacial score (nSPS) is 11.6. The predicted octanol–water partition coefficient (Wildman–Crippen LogP) is 6.56. The van der Waals surface area contributed by atoms with Crippen molar-refractivity contribution in [2.24, 2.45) is 0 Å². The fourth-order valence-corrected chi connectivity index (χ4v) is 3.37. The van der Waals surface area contributed by atoms with Gasteiger partial charge in [-0.15, -0.1) is 0 Å². The monoisotopic (exact) mass is 498 g/mol. The van der Waals surface area contributed by atoms with Gasteiger partial charge in [0.1, 0.15) is 23.4 Å². The van der Waals surface area contributed by atoms with Gasteiger partial charge in [0.2, 0.25) is 5.88 Å². The standard InChI is InChI=1S/C22H13ClF6N4O/c23-13-7-11(1-2-16(13)34-17-8-12(4-6-30-17)22(27,28)29)3-5-31-21-18-19(26)14(24)9-15(25)20(18)32-10-33-21/h1-2,4,6-10H,3,5H2,(H,31,32,33). The Morgan fingerprint density at radius 3 is 2.47 bits per heavy atom. The van der Waals surface area contributed by atoms with Crippen molar-refractivity contribution in [3.05, 3.63) is 82.5 Å². The highest BCUT2D eigenvalue weighted by Crippen LogP contribution is 2.34. The topological polar surface area (TPSA) is 59.9 Å². The summed E-state index contributed by atoms with van der Waals surface area (Å²) in [5, 5.41) is 2.53. The van der Waals surface area contributed by atoms with Crippen LogP contribution in [0.5, 0.6) is 11.6 Å². The minimum atomic E-state index is -4.54. The number of halogens is 7. The number of benzene rings is 2. The molecule has 0 fully saturated rings. The fraction of sp³-hybridized carbons (Fsp3) is 0.136. The van der Waals surface area contributed by atoms with Gasteiger partial charge in [-0.2, -0.15) is 13.2 Å². The number of hydrogen-bond donors (Lipinski definition) is 1. The molecule has 0 saturated carbocycles. The Balaban J connectivity index is 1.45. The summed E-state index contributed by atoms with van der Waals surface area (Å²) in [5.74, 6) is -3.91. The molecule has 0 bridgehead atoms. The minimum Gasteiger partial charge on any atom is -0.437 e. The van der Waals surface area contributed by atoms with Crippen molar-refractivity contribution in [1.29, 1.82) is 0 Å². The van der Waals surface area contributed by atoms with Gasteiger partial charge in [-0.05, 0) is 30.2 Å². The van der Waals surface area contributed by atoms with E-state index in [9.17, 15) is 26.3 Å². The number of aromatic nitrogens is 3. The predicted molar refractivity (Wildman–Crippen MR) is 112 cm³/mol. The zero-order chi connectivity index (χ0) is 24.5. The second-order valence-electron chi connectivity index (χ2n) is 7.02. The molecule has 0 aliphatic heterocycles. The van der Waals surface area contributed by atoms with Crippen molar-refractivity contribution in [3.8, 4) is 11.6 Å². The molecule has 34 heavy (non-hydrogen) atoms. The van der Waals surface area contributed by atoms with Gasteiger partial charge in [-0.25, -0.2) is 28.1 Å². The van der Waals surface area contributed by atoms with Crippen molar-refractivity contribution in [3.63, 3.8) is 0 Å². The van der Waals surface area contributed by atoms with Gasteiger partial charge >= 0.3 is 6.18 Å². The van der Waals surface area contributed by atoms with Crippen LogP contribution in [0.15, 0.2) is 48.9 Å². The lowest BCUT2D eigenvalue weighted by Gasteiger charge is -2.12. The number of anilines is 1. The number of alkyl halides is 3. The van der Waals surface area contributed by atoms with Gasteiger partial charge in [0.05, 0.1) is 16.0 Å². The van der Waals surface area contributed by atoms with Crippen molar-refractivity contribution in [2.75, 3.05) is 11.9 Å². The maximum absolute atomic E-state index is 14.2. The van der Waals surface area contributed by atoms with Crippen LogP contribution >= 0.6 is 11.6 Å². The molecule has 0 aliphatic rings. The van der Waals surface area contributed by atoms with E-state index in [2.05, 4.69) is 20.3 Å². The van der Waals surface area contributed by atoms with Gasteiger partial charge in [-0.3, -0.25) is 0 Å². The van der Waals surface area contributed by atoms with Crippen LogP contribution in [-0.2, 0) is 12.6 Å². The van der Waals surface area contributed by atoms with Gasteiger partial charge in [0.15, 0.2) is 17.5 Å². The molecule has 4 rings (SSSR count). The van der Waals surface area contributed by atoms with Crippen LogP contribution in [0.3, 0.4) is 0 Å². The van der Waals surface area contributed by atoms with E-state index in [4.69, 9.17) is 16.3 Å². The zero-order valence-electron chi connectivity index (χ0n) is 16.9. The van der Waals surface area contributed by atoms with Gasteiger partial charge < -0.3 is 10.1 Å². The summed E-state index contributed by atoms with van der Waals surface area (Å²) in [5.41, 5.74) is -0.577. The van der Waals surface area contributed by atoms with Crippen LogP contribution in [0.4, 0.5) is 32.2 Å². The molecule has 12 heteroatoms. The highest BCUT2D eigenvalue weighted by Gasteiger charge is 2.31. The number of rotatable bonds is 6. The van der Waals surface area contributed by atoms with E-state index < -0.39 is 34.6 Å². The molecule has 2 aromatic carbocycles. The Bertz CT molecular complexity index is 1370. The first kappa shape index (κ1) is 23.6. The second-order valence-corrected chi connectivity index (χ2v) is 7.43. The number of nitrogens with one attached hydrogen (secondary N) is 1. The van der Waals surface area contributed by atoms with Crippen LogP contribution in [0, 0.1) is 17.5 Å². The Hall–Kier alpha value is -3.60. The van der Waals surface area contributed by atoms with Crippen molar-refractivity contribution in [1.82, 2.24) is 15.0 Å². The molecular formula is C22H13ClF6N4O. The third kappa shape index (κ3) is 4.98. The maximum atomic E-state index is 14.2. The first-order valence-corrected chi connectivity index (χ1v) is 10.0. The lowest BCUT2D eigenvalue weighted by atomic mass is 10.1. The first-order valence-electron chi connectivity index (χ1n) is 9.65. The van der Waals surface area contributed by atoms with Crippen molar-refractivity contribution < 1.29 is 31.1 Å². The molecule has 2 heterocycles. The Kier molecular flexibility index (Phi) is 6.47. The Morgan fingerprint density at radius 1 is 0.941 bits per heavy atom. The number of nitrogens with zero attached hydrogens (tertiary/aromatic N) is 3.